The van der Waals surface area contributed by atoms with Crippen LogP contribution in [-0.2, 0) is 24.3 Å². The molecule has 0 unspecified atom stereocenters. The van der Waals surface area contributed by atoms with Gasteiger partial charge in [0.25, 0.3) is 0 Å². The molecule has 1 aromatic carbocycles. The molecule has 0 fully saturated rings. The first-order chi connectivity index (χ1) is 12.7. The van der Waals surface area contributed by atoms with E-state index in [9.17, 15) is 9.90 Å². The number of aliphatic hydroxyl groups excluding tert-OH is 1. The standard InChI is InChI=1S/C21H29N3O3/c1-14(2)15-6-8-16(9-7-15)24-19-10-11-23(20(26)27-21(3,4)5)12-17(19)18(13-25)22-24/h6-9,14,25H,10-13H2,1-5H3. The Kier molecular flexibility index (Phi) is 5.29. The lowest BCUT2D eigenvalue weighted by atomic mass is 10.0. The van der Waals surface area contributed by atoms with E-state index in [1.807, 2.05) is 25.5 Å². The van der Waals surface area contributed by atoms with Gasteiger partial charge in [-0.25, -0.2) is 9.48 Å². The van der Waals surface area contributed by atoms with Crippen LogP contribution in [0.3, 0.4) is 0 Å². The van der Waals surface area contributed by atoms with Crippen LogP contribution >= 0.6 is 0 Å². The molecule has 27 heavy (non-hydrogen) atoms. The molecule has 146 valence electrons. The van der Waals surface area contributed by atoms with Crippen molar-refractivity contribution in [1.82, 2.24) is 14.7 Å². The average molecular weight is 371 g/mol. The zero-order chi connectivity index (χ0) is 19.8. The van der Waals surface area contributed by atoms with Gasteiger partial charge < -0.3 is 14.7 Å². The van der Waals surface area contributed by atoms with Crippen LogP contribution < -0.4 is 0 Å². The van der Waals surface area contributed by atoms with Crippen molar-refractivity contribution in [2.24, 2.45) is 0 Å². The van der Waals surface area contributed by atoms with Gasteiger partial charge in [-0.3, -0.25) is 0 Å². The van der Waals surface area contributed by atoms with Crippen molar-refractivity contribution in [1.29, 1.82) is 0 Å². The van der Waals surface area contributed by atoms with Gasteiger partial charge in [0.2, 0.25) is 0 Å². The highest BCUT2D eigenvalue weighted by molar-refractivity contribution is 5.68. The Labute approximate surface area is 160 Å². The van der Waals surface area contributed by atoms with Crippen LogP contribution in [0.5, 0.6) is 0 Å². The molecule has 1 aromatic heterocycles. The maximum absolute atomic E-state index is 12.4. The molecule has 0 bridgehead atoms. The summed E-state index contributed by atoms with van der Waals surface area (Å²) < 4.78 is 7.39. The minimum absolute atomic E-state index is 0.151. The second-order valence-corrected chi connectivity index (χ2v) is 8.34. The van der Waals surface area contributed by atoms with Crippen LogP contribution in [0.1, 0.15) is 63.1 Å². The highest BCUT2D eigenvalue weighted by Gasteiger charge is 2.30. The molecule has 1 aliphatic heterocycles. The molecule has 1 aliphatic rings. The molecule has 2 aromatic rings. The van der Waals surface area contributed by atoms with Crippen molar-refractivity contribution in [2.75, 3.05) is 6.54 Å². The van der Waals surface area contributed by atoms with Gasteiger partial charge >= 0.3 is 6.09 Å². The van der Waals surface area contributed by atoms with E-state index in [0.717, 1.165) is 16.9 Å². The summed E-state index contributed by atoms with van der Waals surface area (Å²) >= 11 is 0. The Morgan fingerprint density at radius 2 is 1.93 bits per heavy atom. The van der Waals surface area contributed by atoms with Crippen molar-refractivity contribution in [3.63, 3.8) is 0 Å². The molecule has 6 nitrogen and oxygen atoms in total. The third-order valence-corrected chi connectivity index (χ3v) is 4.75. The van der Waals surface area contributed by atoms with E-state index in [0.29, 0.717) is 31.1 Å². The van der Waals surface area contributed by atoms with Crippen LogP contribution in [0.25, 0.3) is 5.69 Å². The van der Waals surface area contributed by atoms with Gasteiger partial charge in [0.1, 0.15) is 5.60 Å². The first-order valence-corrected chi connectivity index (χ1v) is 9.48. The lowest BCUT2D eigenvalue weighted by molar-refractivity contribution is 0.0222. The second-order valence-electron chi connectivity index (χ2n) is 8.34. The van der Waals surface area contributed by atoms with E-state index in [1.165, 1.54) is 5.56 Å². The highest BCUT2D eigenvalue weighted by Crippen LogP contribution is 2.27. The summed E-state index contributed by atoms with van der Waals surface area (Å²) in [6.07, 6.45) is 0.346. The van der Waals surface area contributed by atoms with Gasteiger partial charge in [-0.05, 0) is 44.4 Å². The first-order valence-electron chi connectivity index (χ1n) is 9.48. The summed E-state index contributed by atoms with van der Waals surface area (Å²) in [5.41, 5.74) is 4.31. The number of hydrogen-bond acceptors (Lipinski definition) is 4. The maximum atomic E-state index is 12.4. The number of aromatic nitrogens is 2. The number of aliphatic hydroxyl groups is 1. The predicted molar refractivity (Wildman–Crippen MR) is 104 cm³/mol. The fraction of sp³-hybridized carbons (Fsp3) is 0.524. The topological polar surface area (TPSA) is 67.6 Å². The first kappa shape index (κ1) is 19.4. The number of carbonyl (C=O) groups is 1. The van der Waals surface area contributed by atoms with Gasteiger partial charge in [0.15, 0.2) is 0 Å². The van der Waals surface area contributed by atoms with Gasteiger partial charge in [-0.15, -0.1) is 0 Å². The normalized spacial score (nSPS) is 14.4. The number of amides is 1. The fourth-order valence-corrected chi connectivity index (χ4v) is 3.31. The minimum atomic E-state index is -0.528. The maximum Gasteiger partial charge on any atom is 0.410 e. The monoisotopic (exact) mass is 371 g/mol. The number of benzene rings is 1. The van der Waals surface area contributed by atoms with E-state index >= 15 is 0 Å². The van der Waals surface area contributed by atoms with Crippen LogP contribution in [-0.4, -0.2) is 38.0 Å². The van der Waals surface area contributed by atoms with Crippen molar-refractivity contribution in [2.45, 2.75) is 65.7 Å². The number of fused-ring (bicyclic) bond motifs is 1. The summed E-state index contributed by atoms with van der Waals surface area (Å²) in [5.74, 6) is 0.473. The third kappa shape index (κ3) is 4.16. The van der Waals surface area contributed by atoms with Crippen LogP contribution in [0.2, 0.25) is 0 Å². The molecule has 1 N–H and O–H groups in total. The van der Waals surface area contributed by atoms with Gasteiger partial charge in [0.05, 0.1) is 30.2 Å². The Hall–Kier alpha value is -2.34. The summed E-state index contributed by atoms with van der Waals surface area (Å²) in [7, 11) is 0. The zero-order valence-electron chi connectivity index (χ0n) is 16.8. The molecule has 2 heterocycles. The number of nitrogens with zero attached hydrogens (tertiary/aromatic N) is 3. The summed E-state index contributed by atoms with van der Waals surface area (Å²) in [6, 6.07) is 8.35. The van der Waals surface area contributed by atoms with E-state index in [2.05, 4.69) is 43.2 Å². The largest absolute Gasteiger partial charge is 0.444 e. The van der Waals surface area contributed by atoms with Crippen LogP contribution in [0, 0.1) is 0 Å². The van der Waals surface area contributed by atoms with E-state index in [-0.39, 0.29) is 12.7 Å². The number of rotatable bonds is 3. The van der Waals surface area contributed by atoms with Crippen molar-refractivity contribution in [3.8, 4) is 5.69 Å². The molecule has 0 saturated heterocycles. The molecule has 0 radical (unpaired) electrons. The Morgan fingerprint density at radius 3 is 2.48 bits per heavy atom. The molecule has 0 saturated carbocycles. The van der Waals surface area contributed by atoms with E-state index < -0.39 is 5.60 Å². The number of hydrogen-bond donors (Lipinski definition) is 1. The summed E-state index contributed by atoms with van der Waals surface area (Å²) in [6.45, 7) is 10.7. The Bertz CT molecular complexity index is 816. The molecule has 0 spiro atoms. The second kappa shape index (κ2) is 7.35. The SMILES string of the molecule is CC(C)c1ccc(-n2nc(CO)c3c2CCN(C(=O)OC(C)(C)C)C3)cc1. The summed E-state index contributed by atoms with van der Waals surface area (Å²) in [4.78, 5) is 14.1. The highest BCUT2D eigenvalue weighted by atomic mass is 16.6. The van der Waals surface area contributed by atoms with Gasteiger partial charge in [0, 0.05) is 18.5 Å². The minimum Gasteiger partial charge on any atom is -0.444 e. The van der Waals surface area contributed by atoms with Crippen molar-refractivity contribution in [3.05, 3.63) is 46.8 Å². The van der Waals surface area contributed by atoms with Crippen molar-refractivity contribution < 1.29 is 14.6 Å². The number of ether oxygens (including phenoxy) is 1. The lowest BCUT2D eigenvalue weighted by Crippen LogP contribution is -2.40. The van der Waals surface area contributed by atoms with E-state index in [1.54, 1.807) is 4.90 Å². The smallest absolute Gasteiger partial charge is 0.410 e. The molecule has 0 atom stereocenters. The molecule has 0 aliphatic carbocycles. The lowest BCUT2D eigenvalue weighted by Gasteiger charge is -2.30. The molecular weight excluding hydrogens is 342 g/mol. The fourth-order valence-electron chi connectivity index (χ4n) is 3.31. The third-order valence-electron chi connectivity index (χ3n) is 4.75. The molecular formula is C21H29N3O3. The predicted octanol–water partition coefficient (Wildman–Crippen LogP) is 3.78. The molecule has 3 rings (SSSR count). The van der Waals surface area contributed by atoms with Gasteiger partial charge in [-0.1, -0.05) is 26.0 Å². The molecule has 6 heteroatoms. The quantitative estimate of drug-likeness (QED) is 0.891. The number of carbonyl (C=O) groups excluding carboxylic acids is 1. The summed E-state index contributed by atoms with van der Waals surface area (Å²) in [5, 5.41) is 14.4. The Morgan fingerprint density at radius 1 is 1.26 bits per heavy atom. The zero-order valence-corrected chi connectivity index (χ0v) is 16.8. The van der Waals surface area contributed by atoms with Crippen LogP contribution in [0.4, 0.5) is 4.79 Å². The van der Waals surface area contributed by atoms with Gasteiger partial charge in [-0.2, -0.15) is 5.10 Å². The van der Waals surface area contributed by atoms with E-state index in [4.69, 9.17) is 4.74 Å². The Balaban J connectivity index is 1.89. The average Bonchev–Trinajstić information content (AvgIpc) is 2.98. The van der Waals surface area contributed by atoms with Crippen LogP contribution in [0.15, 0.2) is 24.3 Å². The van der Waals surface area contributed by atoms with Crippen molar-refractivity contribution >= 4 is 6.09 Å². The molecule has 1 amide bonds.